The van der Waals surface area contributed by atoms with Crippen LogP contribution in [0.5, 0.6) is 0 Å². The normalized spacial score (nSPS) is 15.7. The zero-order valence-corrected chi connectivity index (χ0v) is 15.9. The van der Waals surface area contributed by atoms with Gasteiger partial charge in [-0.25, -0.2) is 0 Å². The molecule has 1 unspecified atom stereocenters. The number of carbonyl (C=O) groups is 1. The van der Waals surface area contributed by atoms with Crippen LogP contribution in [0.15, 0.2) is 51.7 Å². The third-order valence-electron chi connectivity index (χ3n) is 5.05. The topological polar surface area (TPSA) is 103 Å². The van der Waals surface area contributed by atoms with Crippen molar-refractivity contribution in [3.05, 3.63) is 85.3 Å². The minimum atomic E-state index is -0.784. The summed E-state index contributed by atoms with van der Waals surface area (Å²) < 4.78 is 10.9. The Bertz CT molecular complexity index is 1200. The number of benzene rings is 2. The van der Waals surface area contributed by atoms with Gasteiger partial charge in [0, 0.05) is 25.8 Å². The van der Waals surface area contributed by atoms with Crippen LogP contribution in [0, 0.1) is 17.0 Å². The number of nitro benzene ring substituents is 1. The molecule has 3 aromatic rings. The second-order valence-electron chi connectivity index (χ2n) is 6.92. The Kier molecular flexibility index (Phi) is 4.63. The van der Waals surface area contributed by atoms with Crippen molar-refractivity contribution < 1.29 is 18.9 Å². The largest absolute Gasteiger partial charge is 0.450 e. The lowest BCUT2D eigenvalue weighted by molar-refractivity contribution is -0.384. The lowest BCUT2D eigenvalue weighted by Gasteiger charge is -2.24. The average Bonchev–Trinajstić information content (AvgIpc) is 2.99. The highest BCUT2D eigenvalue weighted by molar-refractivity contribution is 5.99. The fourth-order valence-electron chi connectivity index (χ4n) is 3.71. The Hall–Kier alpha value is -3.52. The summed E-state index contributed by atoms with van der Waals surface area (Å²) in [5, 5.41) is 11.6. The summed E-state index contributed by atoms with van der Waals surface area (Å²) in [6, 6.07) is 10.4. The predicted molar refractivity (Wildman–Crippen MR) is 105 cm³/mol. The Morgan fingerprint density at radius 1 is 1.21 bits per heavy atom. The highest BCUT2D eigenvalue weighted by Gasteiger charge is 2.42. The number of hydrogen-bond acceptors (Lipinski definition) is 6. The first-order valence-corrected chi connectivity index (χ1v) is 9.04. The molecule has 8 nitrogen and oxygen atoms in total. The van der Waals surface area contributed by atoms with Crippen molar-refractivity contribution in [3.8, 4) is 0 Å². The van der Waals surface area contributed by atoms with Crippen molar-refractivity contribution in [2.24, 2.45) is 0 Å². The molecule has 1 aromatic heterocycles. The lowest BCUT2D eigenvalue weighted by Crippen LogP contribution is -2.32. The molecule has 0 bridgehead atoms. The van der Waals surface area contributed by atoms with E-state index in [1.54, 1.807) is 24.3 Å². The first-order chi connectivity index (χ1) is 13.9. The van der Waals surface area contributed by atoms with Gasteiger partial charge in [0.25, 0.3) is 11.6 Å². The second-order valence-corrected chi connectivity index (χ2v) is 6.92. The van der Waals surface area contributed by atoms with Crippen molar-refractivity contribution >= 4 is 22.6 Å². The van der Waals surface area contributed by atoms with Crippen LogP contribution < -0.4 is 5.43 Å². The third-order valence-corrected chi connectivity index (χ3v) is 5.05. The van der Waals surface area contributed by atoms with Gasteiger partial charge in [-0.2, -0.15) is 0 Å². The first kappa shape index (κ1) is 18.8. The molecule has 4 rings (SSSR count). The highest BCUT2D eigenvalue weighted by atomic mass is 16.6. The fraction of sp³-hybridized carbons (Fsp3) is 0.238. The SMILES string of the molecule is COCCN1C(=O)c2oc3ccc(C)cc3c(=O)c2C1c1cccc([N+](=O)[O-])c1. The van der Waals surface area contributed by atoms with Crippen LogP contribution >= 0.6 is 0 Å². The highest BCUT2D eigenvalue weighted by Crippen LogP contribution is 2.38. The van der Waals surface area contributed by atoms with Crippen LogP contribution in [0.4, 0.5) is 5.69 Å². The molecule has 29 heavy (non-hydrogen) atoms. The molecule has 1 aliphatic rings. The number of fused-ring (bicyclic) bond motifs is 2. The van der Waals surface area contributed by atoms with E-state index in [0.29, 0.717) is 16.5 Å². The quantitative estimate of drug-likeness (QED) is 0.486. The number of rotatable bonds is 5. The Morgan fingerprint density at radius 3 is 2.72 bits per heavy atom. The van der Waals surface area contributed by atoms with Crippen molar-refractivity contribution in [2.45, 2.75) is 13.0 Å². The summed E-state index contributed by atoms with van der Waals surface area (Å²) in [4.78, 5) is 38.6. The van der Waals surface area contributed by atoms with Gasteiger partial charge in [-0.15, -0.1) is 0 Å². The van der Waals surface area contributed by atoms with Gasteiger partial charge in [0.15, 0.2) is 5.43 Å². The molecule has 0 saturated carbocycles. The molecule has 0 saturated heterocycles. The number of aryl methyl sites for hydroxylation is 1. The van der Waals surface area contributed by atoms with E-state index in [4.69, 9.17) is 9.15 Å². The van der Waals surface area contributed by atoms with Crippen LogP contribution in [-0.2, 0) is 4.74 Å². The fourth-order valence-corrected chi connectivity index (χ4v) is 3.71. The zero-order valence-electron chi connectivity index (χ0n) is 15.9. The number of nitro groups is 1. The number of nitrogens with zero attached hydrogens (tertiary/aromatic N) is 2. The molecule has 0 radical (unpaired) electrons. The van der Waals surface area contributed by atoms with Gasteiger partial charge in [0.2, 0.25) is 5.76 Å². The van der Waals surface area contributed by atoms with Gasteiger partial charge in [-0.05, 0) is 24.6 Å². The summed E-state index contributed by atoms with van der Waals surface area (Å²) in [6.45, 7) is 2.32. The van der Waals surface area contributed by atoms with Crippen molar-refractivity contribution in [3.63, 3.8) is 0 Å². The summed E-state index contributed by atoms with van der Waals surface area (Å²) >= 11 is 0. The van der Waals surface area contributed by atoms with E-state index in [1.165, 1.54) is 30.2 Å². The minimum absolute atomic E-state index is 0.0287. The predicted octanol–water partition coefficient (Wildman–Crippen LogP) is 3.20. The third kappa shape index (κ3) is 3.07. The zero-order chi connectivity index (χ0) is 20.7. The summed E-state index contributed by atoms with van der Waals surface area (Å²) in [5.41, 5.74) is 1.47. The number of hydrogen-bond donors (Lipinski definition) is 0. The van der Waals surface area contributed by atoms with E-state index in [9.17, 15) is 19.7 Å². The minimum Gasteiger partial charge on any atom is -0.450 e. The second kappa shape index (κ2) is 7.14. The average molecular weight is 394 g/mol. The molecule has 2 heterocycles. The number of methoxy groups -OCH3 is 1. The van der Waals surface area contributed by atoms with Crippen molar-refractivity contribution in [1.29, 1.82) is 0 Å². The molecule has 148 valence electrons. The van der Waals surface area contributed by atoms with Crippen molar-refractivity contribution in [1.82, 2.24) is 4.90 Å². The van der Waals surface area contributed by atoms with E-state index >= 15 is 0 Å². The van der Waals surface area contributed by atoms with Gasteiger partial charge in [-0.3, -0.25) is 19.7 Å². The van der Waals surface area contributed by atoms with Crippen LogP contribution in [-0.4, -0.2) is 36.0 Å². The van der Waals surface area contributed by atoms with E-state index in [0.717, 1.165) is 5.56 Å². The van der Waals surface area contributed by atoms with Crippen LogP contribution in [0.25, 0.3) is 11.0 Å². The molecule has 2 aromatic carbocycles. The van der Waals surface area contributed by atoms with Crippen molar-refractivity contribution in [2.75, 3.05) is 20.3 Å². The lowest BCUT2D eigenvalue weighted by atomic mass is 9.98. The molecule has 0 N–H and O–H groups in total. The Balaban J connectivity index is 1.98. The molecule has 1 atom stereocenters. The number of carbonyl (C=O) groups excluding carboxylic acids is 1. The van der Waals surface area contributed by atoms with Gasteiger partial charge in [0.1, 0.15) is 5.58 Å². The van der Waals surface area contributed by atoms with E-state index < -0.39 is 16.9 Å². The summed E-state index contributed by atoms with van der Waals surface area (Å²) in [5.74, 6) is -0.466. The molecule has 0 spiro atoms. The number of non-ortho nitro benzene ring substituents is 1. The number of ether oxygens (including phenoxy) is 1. The molecular weight excluding hydrogens is 376 g/mol. The molecule has 8 heteroatoms. The van der Waals surface area contributed by atoms with Crippen LogP contribution in [0.3, 0.4) is 0 Å². The van der Waals surface area contributed by atoms with E-state index in [-0.39, 0.29) is 35.6 Å². The Morgan fingerprint density at radius 2 is 2.00 bits per heavy atom. The smallest absolute Gasteiger partial charge is 0.290 e. The monoisotopic (exact) mass is 394 g/mol. The molecular formula is C21H18N2O6. The maximum atomic E-state index is 13.3. The van der Waals surface area contributed by atoms with Crippen LogP contribution in [0.2, 0.25) is 0 Å². The molecule has 1 amide bonds. The van der Waals surface area contributed by atoms with Crippen LogP contribution in [0.1, 0.15) is 33.3 Å². The summed E-state index contributed by atoms with van der Waals surface area (Å²) in [7, 11) is 1.51. The standard InChI is InChI=1S/C21H18N2O6/c1-12-6-7-16-15(10-12)19(24)17-18(13-4-3-5-14(11-13)23(26)27)22(8-9-28-2)21(25)20(17)29-16/h3-7,10-11,18H,8-9H2,1-2H3. The summed E-state index contributed by atoms with van der Waals surface area (Å²) in [6.07, 6.45) is 0. The van der Waals surface area contributed by atoms with Gasteiger partial charge in [-0.1, -0.05) is 23.8 Å². The maximum absolute atomic E-state index is 13.3. The van der Waals surface area contributed by atoms with Gasteiger partial charge in [0.05, 0.1) is 28.5 Å². The molecule has 1 aliphatic heterocycles. The maximum Gasteiger partial charge on any atom is 0.290 e. The van der Waals surface area contributed by atoms with E-state index in [1.807, 2.05) is 6.92 Å². The Labute approximate surface area is 165 Å². The first-order valence-electron chi connectivity index (χ1n) is 9.04. The number of amides is 1. The van der Waals surface area contributed by atoms with E-state index in [2.05, 4.69) is 0 Å². The molecule has 0 fully saturated rings. The molecule has 0 aliphatic carbocycles. The van der Waals surface area contributed by atoms with Gasteiger partial charge >= 0.3 is 0 Å². The van der Waals surface area contributed by atoms with Gasteiger partial charge < -0.3 is 14.1 Å².